The monoisotopic (exact) mass is 1230 g/mol. The SMILES string of the molecule is CCCCCCCCCCCCC(=O)OC[C@H](COP(=O)(O)OC[C@H](O)COP(=O)(O)OC[C@@H](COC(=O)CCCCCCCCCCC(C)C)OC(=O)CCCCCCCCCCC(C)CC)OC(=O)CCCCCCCCCC(C)C. The van der Waals surface area contributed by atoms with E-state index in [1.54, 1.807) is 0 Å². The average molecular weight is 1230 g/mol. The molecule has 3 N–H and O–H groups in total. The molecule has 3 unspecified atom stereocenters. The number of esters is 4. The summed E-state index contributed by atoms with van der Waals surface area (Å²) in [6.07, 6.45) is 36.2. The van der Waals surface area contributed by atoms with E-state index in [0.29, 0.717) is 31.6 Å². The lowest BCUT2D eigenvalue weighted by Crippen LogP contribution is -2.30. The molecule has 0 aromatic rings. The summed E-state index contributed by atoms with van der Waals surface area (Å²) in [4.78, 5) is 72.2. The second kappa shape index (κ2) is 55.4. The number of phosphoric ester groups is 2. The number of unbranched alkanes of at least 4 members (excludes halogenated alkanes) is 29. The minimum Gasteiger partial charge on any atom is -0.462 e. The Morgan fingerprint density at radius 1 is 0.349 bits per heavy atom. The fourth-order valence-corrected chi connectivity index (χ4v) is 11.0. The van der Waals surface area contributed by atoms with Crippen LogP contribution in [-0.2, 0) is 65.4 Å². The van der Waals surface area contributed by atoms with Crippen molar-refractivity contribution < 1.29 is 80.2 Å². The molecule has 0 heterocycles. The van der Waals surface area contributed by atoms with Crippen LogP contribution >= 0.6 is 15.6 Å². The van der Waals surface area contributed by atoms with Gasteiger partial charge in [-0.25, -0.2) is 9.13 Å². The van der Waals surface area contributed by atoms with Gasteiger partial charge >= 0.3 is 39.5 Å². The standard InChI is InChI=1S/C64H124O17P2/c1-8-10-11-12-13-14-15-24-31-38-45-61(66)74-52-60(81-64(69)48-41-34-27-20-22-29-36-43-56(5)6)54-79-83(72,73)77-50-58(65)49-76-82(70,71)78-53-59(51-75-62(67)46-39-32-25-18-16-21-28-35-42-55(3)4)80-63(68)47-40-33-26-19-17-23-30-37-44-57(7)9-2/h55-60,65H,8-54H2,1-7H3,(H,70,71)(H,72,73)/t57?,58-,59-,60-/m1/s1. The van der Waals surface area contributed by atoms with Crippen molar-refractivity contribution in [3.05, 3.63) is 0 Å². The van der Waals surface area contributed by atoms with Crippen molar-refractivity contribution in [1.82, 2.24) is 0 Å². The number of aliphatic hydroxyl groups excluding tert-OH is 1. The van der Waals surface area contributed by atoms with Gasteiger partial charge in [0.1, 0.15) is 19.3 Å². The highest BCUT2D eigenvalue weighted by Crippen LogP contribution is 2.45. The molecule has 0 aromatic heterocycles. The van der Waals surface area contributed by atoms with Crippen LogP contribution in [-0.4, -0.2) is 96.7 Å². The van der Waals surface area contributed by atoms with E-state index in [-0.39, 0.29) is 25.7 Å². The molecule has 0 saturated carbocycles. The predicted molar refractivity (Wildman–Crippen MR) is 331 cm³/mol. The van der Waals surface area contributed by atoms with Crippen molar-refractivity contribution in [3.8, 4) is 0 Å². The second-order valence-electron chi connectivity index (χ2n) is 24.3. The summed E-state index contributed by atoms with van der Waals surface area (Å²) in [6.45, 7) is 11.7. The van der Waals surface area contributed by atoms with E-state index in [1.165, 1.54) is 122 Å². The Kier molecular flexibility index (Phi) is 54.1. The van der Waals surface area contributed by atoms with Gasteiger partial charge in [0.05, 0.1) is 26.4 Å². The maximum Gasteiger partial charge on any atom is 0.472 e. The van der Waals surface area contributed by atoms with E-state index < -0.39 is 97.5 Å². The van der Waals surface area contributed by atoms with Crippen molar-refractivity contribution in [2.24, 2.45) is 17.8 Å². The molecule has 17 nitrogen and oxygen atoms in total. The van der Waals surface area contributed by atoms with Crippen LogP contribution in [0.3, 0.4) is 0 Å². The summed E-state index contributed by atoms with van der Waals surface area (Å²) < 4.78 is 68.0. The predicted octanol–water partition coefficient (Wildman–Crippen LogP) is 17.5. The summed E-state index contributed by atoms with van der Waals surface area (Å²) in [5.74, 6) is 0.0527. The minimum absolute atomic E-state index is 0.103. The number of ether oxygens (including phenoxy) is 4. The lowest BCUT2D eigenvalue weighted by molar-refractivity contribution is -0.161. The van der Waals surface area contributed by atoms with E-state index in [2.05, 4.69) is 48.5 Å². The largest absolute Gasteiger partial charge is 0.472 e. The summed E-state index contributed by atoms with van der Waals surface area (Å²) in [5, 5.41) is 10.5. The fraction of sp³-hybridized carbons (Fsp3) is 0.938. The molecule has 83 heavy (non-hydrogen) atoms. The van der Waals surface area contributed by atoms with E-state index in [4.69, 9.17) is 37.0 Å². The summed E-state index contributed by atoms with van der Waals surface area (Å²) in [6, 6.07) is 0. The Morgan fingerprint density at radius 3 is 0.916 bits per heavy atom. The summed E-state index contributed by atoms with van der Waals surface area (Å²) >= 11 is 0. The smallest absolute Gasteiger partial charge is 0.462 e. The fourth-order valence-electron chi connectivity index (χ4n) is 9.45. The van der Waals surface area contributed by atoms with E-state index >= 15 is 0 Å². The van der Waals surface area contributed by atoms with Crippen molar-refractivity contribution in [3.63, 3.8) is 0 Å². The molecule has 0 bridgehead atoms. The van der Waals surface area contributed by atoms with Crippen molar-refractivity contribution in [1.29, 1.82) is 0 Å². The third kappa shape index (κ3) is 57.6. The highest BCUT2D eigenvalue weighted by molar-refractivity contribution is 7.47. The third-order valence-electron chi connectivity index (χ3n) is 15.0. The molecule has 0 saturated heterocycles. The number of phosphoric acid groups is 2. The van der Waals surface area contributed by atoms with Crippen molar-refractivity contribution >= 4 is 39.5 Å². The van der Waals surface area contributed by atoms with Gasteiger partial charge in [-0.05, 0) is 43.4 Å². The molecule has 0 radical (unpaired) electrons. The lowest BCUT2D eigenvalue weighted by Gasteiger charge is -2.21. The highest BCUT2D eigenvalue weighted by Gasteiger charge is 2.30. The Hall–Kier alpha value is -1.94. The first kappa shape index (κ1) is 81.1. The minimum atomic E-state index is -4.95. The highest BCUT2D eigenvalue weighted by atomic mass is 31.2. The molecule has 0 spiro atoms. The molecular formula is C64H124O17P2. The average Bonchev–Trinajstić information content (AvgIpc) is 3.48. The van der Waals surface area contributed by atoms with Crippen LogP contribution in [0.1, 0.15) is 312 Å². The molecule has 0 aliphatic rings. The third-order valence-corrected chi connectivity index (χ3v) is 16.9. The molecule has 0 rings (SSSR count). The number of hydrogen-bond donors (Lipinski definition) is 3. The quantitative estimate of drug-likeness (QED) is 0.0222. The van der Waals surface area contributed by atoms with Gasteiger partial charge in [-0.2, -0.15) is 0 Å². The molecule has 0 aliphatic heterocycles. The lowest BCUT2D eigenvalue weighted by atomic mass is 9.99. The van der Waals surface area contributed by atoms with Gasteiger partial charge in [-0.15, -0.1) is 0 Å². The van der Waals surface area contributed by atoms with E-state index in [1.807, 2.05) is 0 Å². The van der Waals surface area contributed by atoms with Gasteiger partial charge in [0.15, 0.2) is 12.2 Å². The van der Waals surface area contributed by atoms with E-state index in [0.717, 1.165) is 102 Å². The molecular weight excluding hydrogens is 1100 g/mol. The van der Waals surface area contributed by atoms with Crippen molar-refractivity contribution in [2.45, 2.75) is 330 Å². The number of aliphatic hydroxyl groups is 1. The number of hydrogen-bond acceptors (Lipinski definition) is 15. The molecule has 492 valence electrons. The number of carbonyl (C=O) groups excluding carboxylic acids is 4. The number of rotatable bonds is 62. The van der Waals surface area contributed by atoms with Crippen LogP contribution in [0.25, 0.3) is 0 Å². The van der Waals surface area contributed by atoms with Crippen LogP contribution in [0, 0.1) is 17.8 Å². The zero-order chi connectivity index (χ0) is 61.7. The number of carbonyl (C=O) groups is 4. The Morgan fingerprint density at radius 2 is 0.614 bits per heavy atom. The van der Waals surface area contributed by atoms with Gasteiger partial charge in [-0.3, -0.25) is 37.3 Å². The summed E-state index contributed by atoms with van der Waals surface area (Å²) in [7, 11) is -9.89. The van der Waals surface area contributed by atoms with Crippen LogP contribution in [0.5, 0.6) is 0 Å². The first-order chi connectivity index (χ1) is 39.8. The molecule has 0 aliphatic carbocycles. The van der Waals surface area contributed by atoms with Crippen LogP contribution < -0.4 is 0 Å². The first-order valence-corrected chi connectivity index (χ1v) is 36.4. The molecule has 6 atom stereocenters. The first-order valence-electron chi connectivity index (χ1n) is 33.4. The normalized spacial score (nSPS) is 14.7. The van der Waals surface area contributed by atoms with Gasteiger partial charge < -0.3 is 33.8 Å². The van der Waals surface area contributed by atoms with Crippen molar-refractivity contribution in [2.75, 3.05) is 39.6 Å². The topological polar surface area (TPSA) is 237 Å². The molecule has 0 amide bonds. The maximum atomic E-state index is 13.0. The maximum absolute atomic E-state index is 13.0. The van der Waals surface area contributed by atoms with Gasteiger partial charge in [0.25, 0.3) is 0 Å². The second-order valence-corrected chi connectivity index (χ2v) is 27.3. The van der Waals surface area contributed by atoms with Gasteiger partial charge in [0.2, 0.25) is 0 Å². The van der Waals surface area contributed by atoms with Crippen LogP contribution in [0.15, 0.2) is 0 Å². The zero-order valence-corrected chi connectivity index (χ0v) is 55.4. The Balaban J connectivity index is 5.26. The Labute approximate surface area is 505 Å². The summed E-state index contributed by atoms with van der Waals surface area (Å²) in [5.41, 5.74) is 0. The van der Waals surface area contributed by atoms with Crippen LogP contribution in [0.2, 0.25) is 0 Å². The molecule has 0 aromatic carbocycles. The zero-order valence-electron chi connectivity index (χ0n) is 53.6. The van der Waals surface area contributed by atoms with Gasteiger partial charge in [0, 0.05) is 25.7 Å². The van der Waals surface area contributed by atoms with E-state index in [9.17, 15) is 43.2 Å². The Bertz CT molecular complexity index is 1650. The van der Waals surface area contributed by atoms with Crippen LogP contribution in [0.4, 0.5) is 0 Å². The van der Waals surface area contributed by atoms with Gasteiger partial charge in [-0.1, -0.05) is 260 Å². The molecule has 0 fully saturated rings. The molecule has 19 heteroatoms.